The number of para-hydroxylation sites is 1. The van der Waals surface area contributed by atoms with Gasteiger partial charge in [-0.15, -0.1) is 0 Å². The number of methoxy groups -OCH3 is 1. The maximum atomic E-state index is 13.1. The standard InChI is InChI=1S/C15H19F3O2/c1-20-13-9-5-3-7-11(13)14(19)10-6-2-4-8-12(10)15(16,17)18/h3,5,7,9-10,12,14,19H,2,4,6,8H2,1H3. The Kier molecular flexibility index (Phi) is 4.58. The molecule has 0 aliphatic heterocycles. The van der Waals surface area contributed by atoms with Gasteiger partial charge in [-0.3, -0.25) is 0 Å². The van der Waals surface area contributed by atoms with Crippen molar-refractivity contribution < 1.29 is 23.0 Å². The third-order valence-electron chi connectivity index (χ3n) is 4.10. The maximum absolute atomic E-state index is 13.1. The number of benzene rings is 1. The number of halogens is 3. The molecule has 0 aromatic heterocycles. The Hall–Kier alpha value is -1.23. The molecule has 1 aromatic carbocycles. The molecule has 1 aliphatic carbocycles. The Bertz CT molecular complexity index is 445. The van der Waals surface area contributed by atoms with Crippen molar-refractivity contribution in [3.05, 3.63) is 29.8 Å². The van der Waals surface area contributed by atoms with Crippen molar-refractivity contribution in [2.75, 3.05) is 7.11 Å². The lowest BCUT2D eigenvalue weighted by atomic mass is 9.74. The van der Waals surface area contributed by atoms with E-state index < -0.39 is 24.1 Å². The summed E-state index contributed by atoms with van der Waals surface area (Å²) in [7, 11) is 1.45. The molecule has 1 saturated carbocycles. The summed E-state index contributed by atoms with van der Waals surface area (Å²) in [4.78, 5) is 0. The molecule has 112 valence electrons. The van der Waals surface area contributed by atoms with Crippen LogP contribution < -0.4 is 4.74 Å². The highest BCUT2D eigenvalue weighted by Gasteiger charge is 2.48. The molecule has 20 heavy (non-hydrogen) atoms. The Morgan fingerprint density at radius 3 is 2.50 bits per heavy atom. The van der Waals surface area contributed by atoms with E-state index in [4.69, 9.17) is 4.74 Å². The van der Waals surface area contributed by atoms with Gasteiger partial charge >= 0.3 is 6.18 Å². The third-order valence-corrected chi connectivity index (χ3v) is 4.10. The quantitative estimate of drug-likeness (QED) is 0.907. The van der Waals surface area contributed by atoms with E-state index in [1.54, 1.807) is 24.3 Å². The zero-order chi connectivity index (χ0) is 14.8. The van der Waals surface area contributed by atoms with Crippen LogP contribution in [0.4, 0.5) is 13.2 Å². The highest BCUT2D eigenvalue weighted by atomic mass is 19.4. The van der Waals surface area contributed by atoms with Crippen LogP contribution in [-0.4, -0.2) is 18.4 Å². The van der Waals surface area contributed by atoms with E-state index in [0.29, 0.717) is 24.2 Å². The topological polar surface area (TPSA) is 29.5 Å². The first-order chi connectivity index (χ1) is 9.45. The van der Waals surface area contributed by atoms with Crippen LogP contribution in [0, 0.1) is 11.8 Å². The van der Waals surface area contributed by atoms with Crippen molar-refractivity contribution in [1.29, 1.82) is 0 Å². The molecule has 0 heterocycles. The van der Waals surface area contributed by atoms with Gasteiger partial charge < -0.3 is 9.84 Å². The number of hydrogen-bond donors (Lipinski definition) is 1. The predicted molar refractivity (Wildman–Crippen MR) is 69.5 cm³/mol. The molecule has 2 rings (SSSR count). The summed E-state index contributed by atoms with van der Waals surface area (Å²) in [5.41, 5.74) is 0.441. The van der Waals surface area contributed by atoms with Crippen LogP contribution in [0.5, 0.6) is 5.75 Å². The third kappa shape index (κ3) is 3.08. The summed E-state index contributed by atoms with van der Waals surface area (Å²) >= 11 is 0. The summed E-state index contributed by atoms with van der Waals surface area (Å²) in [6.45, 7) is 0. The second-order valence-corrected chi connectivity index (χ2v) is 5.28. The fourth-order valence-electron chi connectivity index (χ4n) is 3.09. The van der Waals surface area contributed by atoms with Gasteiger partial charge in [-0.25, -0.2) is 0 Å². The van der Waals surface area contributed by atoms with Gasteiger partial charge in [-0.05, 0) is 18.9 Å². The second-order valence-electron chi connectivity index (χ2n) is 5.28. The molecule has 5 heteroatoms. The summed E-state index contributed by atoms with van der Waals surface area (Å²) < 4.78 is 44.5. The molecule has 0 spiro atoms. The zero-order valence-electron chi connectivity index (χ0n) is 11.4. The Morgan fingerprint density at radius 1 is 1.20 bits per heavy atom. The molecule has 1 N–H and O–H groups in total. The molecular formula is C15H19F3O2. The van der Waals surface area contributed by atoms with Gasteiger partial charge in [0.2, 0.25) is 0 Å². The number of alkyl halides is 3. The summed E-state index contributed by atoms with van der Waals surface area (Å²) in [6, 6.07) is 6.72. The van der Waals surface area contributed by atoms with E-state index in [9.17, 15) is 18.3 Å². The van der Waals surface area contributed by atoms with Gasteiger partial charge in [0.1, 0.15) is 5.75 Å². The predicted octanol–water partition coefficient (Wildman–Crippen LogP) is 4.10. The van der Waals surface area contributed by atoms with Gasteiger partial charge in [0, 0.05) is 11.5 Å². The molecule has 0 amide bonds. The number of aliphatic hydroxyl groups excluding tert-OH is 1. The number of rotatable bonds is 3. The van der Waals surface area contributed by atoms with E-state index in [1.807, 2.05) is 0 Å². The molecule has 2 nitrogen and oxygen atoms in total. The average Bonchev–Trinajstić information content (AvgIpc) is 2.45. The van der Waals surface area contributed by atoms with Gasteiger partial charge in [0.25, 0.3) is 0 Å². The van der Waals surface area contributed by atoms with Gasteiger partial charge in [-0.1, -0.05) is 31.0 Å². The van der Waals surface area contributed by atoms with Gasteiger partial charge in [-0.2, -0.15) is 13.2 Å². The molecule has 0 saturated heterocycles. The van der Waals surface area contributed by atoms with E-state index >= 15 is 0 Å². The molecular weight excluding hydrogens is 269 g/mol. The van der Waals surface area contributed by atoms with Crippen LogP contribution >= 0.6 is 0 Å². The average molecular weight is 288 g/mol. The molecule has 0 radical (unpaired) electrons. The highest BCUT2D eigenvalue weighted by molar-refractivity contribution is 5.35. The van der Waals surface area contributed by atoms with Crippen LogP contribution in [0.2, 0.25) is 0 Å². The Morgan fingerprint density at radius 2 is 1.85 bits per heavy atom. The first kappa shape index (κ1) is 15.2. The molecule has 3 unspecified atom stereocenters. The number of aliphatic hydroxyl groups is 1. The minimum atomic E-state index is -4.26. The summed E-state index contributed by atoms with van der Waals surface area (Å²) in [5.74, 6) is -1.79. The monoisotopic (exact) mass is 288 g/mol. The largest absolute Gasteiger partial charge is 0.496 e. The van der Waals surface area contributed by atoms with E-state index in [0.717, 1.165) is 6.42 Å². The first-order valence-corrected chi connectivity index (χ1v) is 6.83. The van der Waals surface area contributed by atoms with Gasteiger partial charge in [0.15, 0.2) is 0 Å². The maximum Gasteiger partial charge on any atom is 0.392 e. The molecule has 0 bridgehead atoms. The van der Waals surface area contributed by atoms with Crippen LogP contribution in [0.15, 0.2) is 24.3 Å². The molecule has 1 fully saturated rings. The van der Waals surface area contributed by atoms with Crippen LogP contribution in [0.25, 0.3) is 0 Å². The molecule has 3 atom stereocenters. The van der Waals surface area contributed by atoms with Crippen LogP contribution in [0.3, 0.4) is 0 Å². The first-order valence-electron chi connectivity index (χ1n) is 6.83. The summed E-state index contributed by atoms with van der Waals surface area (Å²) in [6.07, 6.45) is -3.61. The van der Waals surface area contributed by atoms with Crippen molar-refractivity contribution in [2.24, 2.45) is 11.8 Å². The second kappa shape index (κ2) is 6.04. The SMILES string of the molecule is COc1ccccc1C(O)C1CCCCC1C(F)(F)F. The van der Waals surface area contributed by atoms with Crippen molar-refractivity contribution in [1.82, 2.24) is 0 Å². The highest BCUT2D eigenvalue weighted by Crippen LogP contribution is 2.47. The van der Waals surface area contributed by atoms with Crippen LogP contribution in [0.1, 0.15) is 37.4 Å². The van der Waals surface area contributed by atoms with Crippen molar-refractivity contribution in [3.63, 3.8) is 0 Å². The summed E-state index contributed by atoms with van der Waals surface area (Å²) in [5, 5.41) is 10.4. The fourth-order valence-corrected chi connectivity index (χ4v) is 3.09. The van der Waals surface area contributed by atoms with Crippen molar-refractivity contribution >= 4 is 0 Å². The minimum Gasteiger partial charge on any atom is -0.496 e. The lowest BCUT2D eigenvalue weighted by Crippen LogP contribution is -2.36. The van der Waals surface area contributed by atoms with E-state index in [2.05, 4.69) is 0 Å². The normalized spacial score (nSPS) is 25.2. The zero-order valence-corrected chi connectivity index (χ0v) is 11.4. The lowest BCUT2D eigenvalue weighted by Gasteiger charge is -2.36. The van der Waals surface area contributed by atoms with E-state index in [-0.39, 0.29) is 6.42 Å². The Labute approximate surface area is 116 Å². The number of ether oxygens (including phenoxy) is 1. The lowest BCUT2D eigenvalue weighted by molar-refractivity contribution is -0.207. The van der Waals surface area contributed by atoms with Crippen molar-refractivity contribution in [3.8, 4) is 5.75 Å². The van der Waals surface area contributed by atoms with Crippen LogP contribution in [-0.2, 0) is 0 Å². The fraction of sp³-hybridized carbons (Fsp3) is 0.600. The van der Waals surface area contributed by atoms with E-state index in [1.165, 1.54) is 7.11 Å². The smallest absolute Gasteiger partial charge is 0.392 e. The molecule has 1 aliphatic rings. The number of hydrogen-bond acceptors (Lipinski definition) is 2. The minimum absolute atomic E-state index is 0.0976. The van der Waals surface area contributed by atoms with Crippen molar-refractivity contribution in [2.45, 2.75) is 38.0 Å². The molecule has 1 aromatic rings. The Balaban J connectivity index is 2.27. The van der Waals surface area contributed by atoms with Gasteiger partial charge in [0.05, 0.1) is 19.1 Å².